The van der Waals surface area contributed by atoms with E-state index in [0.717, 1.165) is 65.3 Å². The smallest absolute Gasteiger partial charge is 0.220 e. The maximum absolute atomic E-state index is 14.3. The largest absolute Gasteiger partial charge is 0.392 e. The number of pyridine rings is 1. The van der Waals surface area contributed by atoms with Gasteiger partial charge in [0.2, 0.25) is 5.95 Å². The Morgan fingerprint density at radius 2 is 1.97 bits per heavy atom. The first kappa shape index (κ1) is 22.4. The van der Waals surface area contributed by atoms with E-state index in [1.807, 2.05) is 25.1 Å². The number of benzene rings is 1. The van der Waals surface area contributed by atoms with Crippen LogP contribution in [-0.4, -0.2) is 51.8 Å². The Morgan fingerprint density at radius 1 is 1.15 bits per heavy atom. The van der Waals surface area contributed by atoms with Gasteiger partial charge in [0.25, 0.3) is 0 Å². The molecule has 1 fully saturated rings. The highest BCUT2D eigenvalue weighted by atomic mass is 19.1. The third-order valence-electron chi connectivity index (χ3n) is 6.76. The van der Waals surface area contributed by atoms with Crippen molar-refractivity contribution >= 4 is 11.7 Å². The summed E-state index contributed by atoms with van der Waals surface area (Å²) in [6, 6.07) is 8.76. The fraction of sp³-hybridized carbons (Fsp3) is 0.385. The highest BCUT2D eigenvalue weighted by molar-refractivity contribution is 6.03. The van der Waals surface area contributed by atoms with Crippen molar-refractivity contribution in [1.82, 2.24) is 19.9 Å². The second-order valence-corrected chi connectivity index (χ2v) is 9.21. The molecule has 2 aromatic heterocycles. The van der Waals surface area contributed by atoms with E-state index in [1.165, 1.54) is 6.07 Å². The number of hydrogen-bond acceptors (Lipinski definition) is 7. The molecule has 1 aliphatic heterocycles. The summed E-state index contributed by atoms with van der Waals surface area (Å²) in [5.41, 5.74) is 12.1. The van der Waals surface area contributed by atoms with Crippen LogP contribution in [0.25, 0.3) is 11.1 Å². The number of likely N-dealkylation sites (tertiary alicyclic amines) is 1. The number of oxime groups is 1. The quantitative estimate of drug-likeness (QED) is 0.590. The third-order valence-corrected chi connectivity index (χ3v) is 6.76. The van der Waals surface area contributed by atoms with Crippen molar-refractivity contribution in [1.29, 1.82) is 0 Å². The molecule has 2 N–H and O–H groups in total. The Hall–Kier alpha value is -3.39. The molecule has 3 heterocycles. The summed E-state index contributed by atoms with van der Waals surface area (Å²) in [4.78, 5) is 21.5. The minimum atomic E-state index is -0.277. The Balaban J connectivity index is 1.53. The van der Waals surface area contributed by atoms with E-state index >= 15 is 0 Å². The summed E-state index contributed by atoms with van der Waals surface area (Å²) in [7, 11) is 2.12. The zero-order valence-electron chi connectivity index (χ0n) is 19.5. The molecule has 5 rings (SSSR count). The van der Waals surface area contributed by atoms with Crippen LogP contribution in [0.3, 0.4) is 0 Å². The molecule has 0 bridgehead atoms. The van der Waals surface area contributed by atoms with E-state index in [0.29, 0.717) is 12.8 Å². The van der Waals surface area contributed by atoms with E-state index < -0.39 is 0 Å². The number of anilines is 1. The van der Waals surface area contributed by atoms with Crippen molar-refractivity contribution < 1.29 is 9.23 Å². The fourth-order valence-electron chi connectivity index (χ4n) is 5.01. The van der Waals surface area contributed by atoms with E-state index in [9.17, 15) is 4.39 Å². The number of halogens is 1. The van der Waals surface area contributed by atoms with Crippen LogP contribution in [0, 0.1) is 12.7 Å². The Kier molecular flexibility index (Phi) is 6.24. The molecule has 176 valence electrons. The van der Waals surface area contributed by atoms with Crippen molar-refractivity contribution in [2.45, 2.75) is 44.6 Å². The number of nitrogen functional groups attached to an aromatic ring is 1. The fourth-order valence-corrected chi connectivity index (χ4v) is 5.01. The molecule has 34 heavy (non-hydrogen) atoms. The summed E-state index contributed by atoms with van der Waals surface area (Å²) in [5, 5.41) is 4.65. The van der Waals surface area contributed by atoms with Crippen LogP contribution in [0.1, 0.15) is 47.7 Å². The molecule has 0 spiro atoms. The number of aryl methyl sites for hydroxylation is 1. The van der Waals surface area contributed by atoms with E-state index in [4.69, 9.17) is 10.6 Å². The van der Waals surface area contributed by atoms with Crippen LogP contribution in [-0.2, 0) is 11.3 Å². The summed E-state index contributed by atoms with van der Waals surface area (Å²) in [5.74, 6) is 0.0108. The lowest BCUT2D eigenvalue weighted by Gasteiger charge is -2.30. The zero-order chi connectivity index (χ0) is 23.7. The van der Waals surface area contributed by atoms with Crippen LogP contribution in [0.2, 0.25) is 0 Å². The molecule has 1 unspecified atom stereocenters. The van der Waals surface area contributed by atoms with Gasteiger partial charge in [-0.1, -0.05) is 17.3 Å². The van der Waals surface area contributed by atoms with Gasteiger partial charge in [-0.25, -0.2) is 14.4 Å². The molecule has 7 nitrogen and oxygen atoms in total. The average Bonchev–Trinajstić information content (AvgIpc) is 2.83. The van der Waals surface area contributed by atoms with Crippen LogP contribution < -0.4 is 5.73 Å². The monoisotopic (exact) mass is 460 g/mol. The molecule has 8 heteroatoms. The lowest BCUT2D eigenvalue weighted by atomic mass is 9.78. The van der Waals surface area contributed by atoms with Gasteiger partial charge in [-0.15, -0.1) is 0 Å². The van der Waals surface area contributed by atoms with Gasteiger partial charge in [-0.2, -0.15) is 0 Å². The van der Waals surface area contributed by atoms with Crippen LogP contribution >= 0.6 is 0 Å². The van der Waals surface area contributed by atoms with Crippen molar-refractivity contribution in [3.8, 4) is 11.1 Å². The first-order valence-corrected chi connectivity index (χ1v) is 11.7. The maximum atomic E-state index is 14.3. The molecule has 1 aliphatic carbocycles. The van der Waals surface area contributed by atoms with E-state index in [2.05, 4.69) is 32.1 Å². The standard InChI is InChI=1S/C26H29FN6O/c1-16-25-23(31-26(28)30-16)12-18(13-24(25)32-34-20-7-10-33(2)11-8-20)21-6-5-19(27)14-22(21)17-4-3-9-29-15-17/h3-6,9,14-15,18,20H,7-8,10-13H2,1-2H3,(H2,28,30,31)/b32-24+. The minimum Gasteiger partial charge on any atom is -0.392 e. The molecule has 0 amide bonds. The predicted octanol–water partition coefficient (Wildman–Crippen LogP) is 4.11. The van der Waals surface area contributed by atoms with Gasteiger partial charge < -0.3 is 15.5 Å². The number of piperidine rings is 1. The highest BCUT2D eigenvalue weighted by Crippen LogP contribution is 2.38. The Labute approximate surface area is 198 Å². The normalized spacial score (nSPS) is 20.3. The zero-order valence-corrected chi connectivity index (χ0v) is 19.5. The van der Waals surface area contributed by atoms with Gasteiger partial charge in [0.15, 0.2) is 0 Å². The van der Waals surface area contributed by atoms with Crippen molar-refractivity contribution in [2.24, 2.45) is 5.16 Å². The average molecular weight is 461 g/mol. The predicted molar refractivity (Wildman–Crippen MR) is 130 cm³/mol. The number of fused-ring (bicyclic) bond motifs is 1. The Morgan fingerprint density at radius 3 is 2.74 bits per heavy atom. The van der Waals surface area contributed by atoms with E-state index in [1.54, 1.807) is 18.5 Å². The lowest BCUT2D eigenvalue weighted by molar-refractivity contribution is 0.0157. The lowest BCUT2D eigenvalue weighted by Crippen LogP contribution is -2.34. The van der Waals surface area contributed by atoms with Crippen LogP contribution in [0.4, 0.5) is 10.3 Å². The summed E-state index contributed by atoms with van der Waals surface area (Å²) >= 11 is 0. The van der Waals surface area contributed by atoms with E-state index in [-0.39, 0.29) is 23.8 Å². The molecule has 1 atom stereocenters. The highest BCUT2D eigenvalue weighted by Gasteiger charge is 2.31. The van der Waals surface area contributed by atoms with Crippen LogP contribution in [0.5, 0.6) is 0 Å². The van der Waals surface area contributed by atoms with Gasteiger partial charge in [0, 0.05) is 43.0 Å². The molecule has 1 saturated heterocycles. The first-order valence-electron chi connectivity index (χ1n) is 11.7. The molecule has 0 radical (unpaired) electrons. The summed E-state index contributed by atoms with van der Waals surface area (Å²) < 4.78 is 14.3. The number of rotatable bonds is 4. The number of aromatic nitrogens is 3. The topological polar surface area (TPSA) is 89.5 Å². The van der Waals surface area contributed by atoms with Gasteiger partial charge in [0.05, 0.1) is 17.1 Å². The summed E-state index contributed by atoms with van der Waals surface area (Å²) in [6.07, 6.45) is 6.78. The molecule has 2 aliphatic rings. The maximum Gasteiger partial charge on any atom is 0.220 e. The van der Waals surface area contributed by atoms with Crippen molar-refractivity contribution in [3.05, 3.63) is 71.1 Å². The van der Waals surface area contributed by atoms with Crippen molar-refractivity contribution in [2.75, 3.05) is 25.9 Å². The minimum absolute atomic E-state index is 0.0387. The molecule has 1 aromatic carbocycles. The van der Waals surface area contributed by atoms with Crippen LogP contribution in [0.15, 0.2) is 47.9 Å². The molecular formula is C26H29FN6O. The number of nitrogens with zero attached hydrogens (tertiary/aromatic N) is 5. The second-order valence-electron chi connectivity index (χ2n) is 9.21. The Bertz CT molecular complexity index is 1210. The van der Waals surface area contributed by atoms with Gasteiger partial charge in [0.1, 0.15) is 11.9 Å². The second kappa shape index (κ2) is 9.46. The number of hydrogen-bond donors (Lipinski definition) is 1. The number of nitrogens with two attached hydrogens (primary N) is 1. The summed E-state index contributed by atoms with van der Waals surface area (Å²) in [6.45, 7) is 3.93. The molecule has 0 saturated carbocycles. The molecular weight excluding hydrogens is 431 g/mol. The van der Waals surface area contributed by atoms with Gasteiger partial charge >= 0.3 is 0 Å². The van der Waals surface area contributed by atoms with Crippen molar-refractivity contribution in [3.63, 3.8) is 0 Å². The third kappa shape index (κ3) is 4.63. The first-order chi connectivity index (χ1) is 16.5. The SMILES string of the molecule is Cc1nc(N)nc2c1/C(=N/OC1CCN(C)CC1)CC(c1ccc(F)cc1-c1cccnc1)C2. The van der Waals surface area contributed by atoms with Gasteiger partial charge in [-0.05, 0) is 68.5 Å². The van der Waals surface area contributed by atoms with Gasteiger partial charge in [-0.3, -0.25) is 4.98 Å². The molecule has 3 aromatic rings.